The highest BCUT2D eigenvalue weighted by molar-refractivity contribution is 6.32. The van der Waals surface area contributed by atoms with Gasteiger partial charge in [0.25, 0.3) is 5.91 Å². The summed E-state index contributed by atoms with van der Waals surface area (Å²) in [6.07, 6.45) is 1.44. The fourth-order valence-electron chi connectivity index (χ4n) is 3.93. The molecule has 0 aliphatic rings. The molecule has 0 radical (unpaired) electrons. The minimum Gasteiger partial charge on any atom is -0.493 e. The molecule has 0 unspecified atom stereocenters. The van der Waals surface area contributed by atoms with Crippen molar-refractivity contribution < 1.29 is 14.3 Å². The van der Waals surface area contributed by atoms with Crippen molar-refractivity contribution in [2.45, 2.75) is 20.5 Å². The average molecular weight is 531 g/mol. The van der Waals surface area contributed by atoms with E-state index >= 15 is 0 Å². The highest BCUT2D eigenvalue weighted by atomic mass is 35.5. The molecule has 0 bridgehead atoms. The van der Waals surface area contributed by atoms with Crippen LogP contribution in [-0.2, 0) is 11.4 Å². The van der Waals surface area contributed by atoms with Gasteiger partial charge in [-0.15, -0.1) is 0 Å². The van der Waals surface area contributed by atoms with E-state index in [1.54, 1.807) is 30.3 Å². The number of anilines is 1. The van der Waals surface area contributed by atoms with Gasteiger partial charge >= 0.3 is 0 Å². The second-order valence-corrected chi connectivity index (χ2v) is 9.31. The number of hydrogen-bond donors (Lipinski definition) is 1. The Morgan fingerprint density at radius 3 is 2.49 bits per heavy atom. The fourth-order valence-corrected chi connectivity index (χ4v) is 4.38. The van der Waals surface area contributed by atoms with Crippen molar-refractivity contribution >= 4 is 51.6 Å². The highest BCUT2D eigenvalue weighted by Crippen LogP contribution is 2.38. The molecule has 7 heteroatoms. The molecule has 1 N–H and O–H groups in total. The maximum absolute atomic E-state index is 12.7. The zero-order valence-electron chi connectivity index (χ0n) is 20.6. The van der Waals surface area contributed by atoms with Crippen LogP contribution in [0.15, 0.2) is 72.3 Å². The number of ether oxygens (including phenoxy) is 2. The smallest absolute Gasteiger partial charge is 0.266 e. The van der Waals surface area contributed by atoms with Crippen molar-refractivity contribution in [3.63, 3.8) is 0 Å². The summed E-state index contributed by atoms with van der Waals surface area (Å²) in [7, 11) is 1.51. The maximum Gasteiger partial charge on any atom is 0.266 e. The molecule has 186 valence electrons. The molecule has 0 spiro atoms. The Balaban J connectivity index is 1.59. The normalized spacial score (nSPS) is 11.2. The number of hydrogen-bond acceptors (Lipinski definition) is 4. The first kappa shape index (κ1) is 26.1. The number of amides is 1. The standard InChI is InChI=1S/C30H24Cl2N2O3/c1-18-8-10-21-6-4-5-7-24(21)25(18)17-37-29-27(32)13-20(14-28(29)36-3)12-22(16-33)30(35)34-23-11-9-19(2)26(31)15-23/h4-15H,17H2,1-3H3,(H,34,35)/b22-12+. The Kier molecular flexibility index (Phi) is 8.03. The molecule has 1 amide bonds. The van der Waals surface area contributed by atoms with Gasteiger partial charge in [0.15, 0.2) is 11.5 Å². The third-order valence-electron chi connectivity index (χ3n) is 5.99. The number of benzene rings is 4. The number of nitrogens with one attached hydrogen (secondary N) is 1. The number of aryl methyl sites for hydroxylation is 2. The van der Waals surface area contributed by atoms with Gasteiger partial charge in [-0.1, -0.05) is 65.7 Å². The topological polar surface area (TPSA) is 71.3 Å². The first-order valence-corrected chi connectivity index (χ1v) is 12.2. The van der Waals surface area contributed by atoms with Crippen molar-refractivity contribution in [2.75, 3.05) is 12.4 Å². The van der Waals surface area contributed by atoms with Crippen LogP contribution in [0.5, 0.6) is 11.5 Å². The van der Waals surface area contributed by atoms with Crippen molar-refractivity contribution in [3.05, 3.63) is 105 Å². The number of carbonyl (C=O) groups is 1. The second-order valence-electron chi connectivity index (χ2n) is 8.49. The van der Waals surface area contributed by atoms with Crippen LogP contribution >= 0.6 is 23.2 Å². The van der Waals surface area contributed by atoms with Gasteiger partial charge in [-0.05, 0) is 71.7 Å². The molecule has 5 nitrogen and oxygen atoms in total. The molecule has 0 saturated carbocycles. The second kappa shape index (κ2) is 11.4. The molecule has 0 atom stereocenters. The summed E-state index contributed by atoms with van der Waals surface area (Å²) >= 11 is 12.7. The van der Waals surface area contributed by atoms with Crippen LogP contribution in [0.1, 0.15) is 22.3 Å². The number of nitrogens with zero attached hydrogens (tertiary/aromatic N) is 1. The Bertz CT molecular complexity index is 1570. The zero-order chi connectivity index (χ0) is 26.5. The quantitative estimate of drug-likeness (QED) is 0.194. The first-order valence-electron chi connectivity index (χ1n) is 11.5. The van der Waals surface area contributed by atoms with Gasteiger partial charge in [0.1, 0.15) is 18.2 Å². The van der Waals surface area contributed by atoms with Gasteiger partial charge in [-0.2, -0.15) is 5.26 Å². The molecule has 0 aliphatic heterocycles. The van der Waals surface area contributed by atoms with Crippen molar-refractivity contribution in [2.24, 2.45) is 0 Å². The summed E-state index contributed by atoms with van der Waals surface area (Å²) in [5, 5.41) is 15.4. The molecule has 0 aliphatic carbocycles. The Hall–Kier alpha value is -3.98. The van der Waals surface area contributed by atoms with E-state index in [4.69, 9.17) is 32.7 Å². The largest absolute Gasteiger partial charge is 0.493 e. The molecule has 0 fully saturated rings. The summed E-state index contributed by atoms with van der Waals surface area (Å²) in [6.45, 7) is 4.20. The molecule has 4 aromatic rings. The van der Waals surface area contributed by atoms with Crippen LogP contribution in [0.4, 0.5) is 5.69 Å². The van der Waals surface area contributed by atoms with E-state index in [1.165, 1.54) is 13.2 Å². The van der Waals surface area contributed by atoms with Gasteiger partial charge in [0.2, 0.25) is 0 Å². The minimum atomic E-state index is -0.565. The number of rotatable bonds is 7. The fraction of sp³-hybridized carbons (Fsp3) is 0.133. The van der Waals surface area contributed by atoms with Crippen LogP contribution in [0.25, 0.3) is 16.8 Å². The van der Waals surface area contributed by atoms with E-state index in [1.807, 2.05) is 32.0 Å². The summed E-state index contributed by atoms with van der Waals surface area (Å²) in [4.78, 5) is 12.7. The van der Waals surface area contributed by atoms with Gasteiger partial charge < -0.3 is 14.8 Å². The van der Waals surface area contributed by atoms with Crippen molar-refractivity contribution in [3.8, 4) is 17.6 Å². The molecular formula is C30H24Cl2N2O3. The van der Waals surface area contributed by atoms with Crippen LogP contribution in [0.2, 0.25) is 10.0 Å². The minimum absolute atomic E-state index is 0.102. The summed E-state index contributed by atoms with van der Waals surface area (Å²) in [5.41, 5.74) is 3.95. The highest BCUT2D eigenvalue weighted by Gasteiger charge is 2.16. The third kappa shape index (κ3) is 5.89. The van der Waals surface area contributed by atoms with E-state index < -0.39 is 5.91 Å². The molecule has 0 heterocycles. The average Bonchev–Trinajstić information content (AvgIpc) is 2.89. The van der Waals surface area contributed by atoms with Crippen LogP contribution in [0, 0.1) is 25.2 Å². The Morgan fingerprint density at radius 2 is 1.76 bits per heavy atom. The summed E-state index contributed by atoms with van der Waals surface area (Å²) in [5.74, 6) is 0.204. The van der Waals surface area contributed by atoms with Crippen molar-refractivity contribution in [1.29, 1.82) is 5.26 Å². The predicted molar refractivity (Wildman–Crippen MR) is 149 cm³/mol. The van der Waals surface area contributed by atoms with Crippen LogP contribution in [-0.4, -0.2) is 13.0 Å². The van der Waals surface area contributed by atoms with E-state index in [0.717, 1.165) is 27.5 Å². The number of methoxy groups -OCH3 is 1. The van der Waals surface area contributed by atoms with Crippen molar-refractivity contribution in [1.82, 2.24) is 0 Å². The predicted octanol–water partition coefficient (Wildman–Crippen LogP) is 7.90. The molecule has 0 aromatic heterocycles. The lowest BCUT2D eigenvalue weighted by Gasteiger charge is -2.16. The van der Waals surface area contributed by atoms with Gasteiger partial charge in [0, 0.05) is 16.3 Å². The lowest BCUT2D eigenvalue weighted by molar-refractivity contribution is -0.112. The van der Waals surface area contributed by atoms with Crippen LogP contribution < -0.4 is 14.8 Å². The van der Waals surface area contributed by atoms with Gasteiger partial charge in [-0.3, -0.25) is 4.79 Å². The number of fused-ring (bicyclic) bond motifs is 1. The summed E-state index contributed by atoms with van der Waals surface area (Å²) < 4.78 is 11.7. The first-order chi connectivity index (χ1) is 17.8. The van der Waals surface area contributed by atoms with E-state index in [2.05, 4.69) is 29.6 Å². The van der Waals surface area contributed by atoms with E-state index in [-0.39, 0.29) is 5.57 Å². The molecular weight excluding hydrogens is 507 g/mol. The van der Waals surface area contributed by atoms with E-state index in [0.29, 0.717) is 39.4 Å². The zero-order valence-corrected chi connectivity index (χ0v) is 22.1. The Morgan fingerprint density at radius 1 is 1.00 bits per heavy atom. The third-order valence-corrected chi connectivity index (χ3v) is 6.68. The number of carbonyl (C=O) groups excluding carboxylic acids is 1. The van der Waals surface area contributed by atoms with Gasteiger partial charge in [0.05, 0.1) is 12.1 Å². The number of halogens is 2. The van der Waals surface area contributed by atoms with E-state index in [9.17, 15) is 10.1 Å². The lowest BCUT2D eigenvalue weighted by Crippen LogP contribution is -2.13. The molecule has 37 heavy (non-hydrogen) atoms. The SMILES string of the molecule is COc1cc(/C=C(\C#N)C(=O)Nc2ccc(C)c(Cl)c2)cc(Cl)c1OCc1c(C)ccc2ccccc12. The lowest BCUT2D eigenvalue weighted by atomic mass is 10.0. The molecule has 4 rings (SSSR count). The Labute approximate surface area is 225 Å². The van der Waals surface area contributed by atoms with Crippen LogP contribution in [0.3, 0.4) is 0 Å². The maximum atomic E-state index is 12.7. The summed E-state index contributed by atoms with van der Waals surface area (Å²) in [6, 6.07) is 22.6. The number of nitriles is 1. The molecule has 0 saturated heterocycles. The monoisotopic (exact) mass is 530 g/mol. The van der Waals surface area contributed by atoms with Gasteiger partial charge in [-0.25, -0.2) is 0 Å². The molecule has 4 aromatic carbocycles.